The van der Waals surface area contributed by atoms with Crippen LogP contribution in [0.1, 0.15) is 10.4 Å². The number of rotatable bonds is 3. The summed E-state index contributed by atoms with van der Waals surface area (Å²) in [5.74, 6) is -0.771. The van der Waals surface area contributed by atoms with Gasteiger partial charge in [-0.25, -0.2) is 5.48 Å². The van der Waals surface area contributed by atoms with E-state index >= 15 is 0 Å². The molecule has 0 spiro atoms. The summed E-state index contributed by atoms with van der Waals surface area (Å²) in [7, 11) is 0. The van der Waals surface area contributed by atoms with Crippen molar-refractivity contribution in [3.05, 3.63) is 30.1 Å². The Morgan fingerprint density at radius 3 is 2.80 bits per heavy atom. The molecule has 0 aliphatic carbocycles. The number of hydrogen-bond donors (Lipinski definition) is 1. The second-order valence-electron chi connectivity index (χ2n) is 2.58. The van der Waals surface area contributed by atoms with Crippen molar-refractivity contribution in [2.45, 2.75) is 6.18 Å². The molecule has 1 amide bonds. The van der Waals surface area contributed by atoms with Gasteiger partial charge in [0.05, 0.1) is 5.56 Å². The molecule has 1 heterocycles. The number of aromatic nitrogens is 1. The number of carbonyl (C=O) groups excluding carboxylic acids is 1. The first-order valence-corrected chi connectivity index (χ1v) is 3.88. The number of hydroxylamine groups is 1. The fraction of sp³-hybridized carbons (Fsp3) is 0.250. The number of nitrogens with zero attached hydrogens (tertiary/aromatic N) is 1. The SMILES string of the molecule is O=C(NOCC(F)(F)F)c1cccnc1. The van der Waals surface area contributed by atoms with Crippen LogP contribution in [-0.2, 0) is 4.84 Å². The van der Waals surface area contributed by atoms with Gasteiger partial charge in [-0.2, -0.15) is 13.2 Å². The predicted octanol–water partition coefficient (Wildman–Crippen LogP) is 1.31. The molecule has 0 aliphatic heterocycles. The average molecular weight is 220 g/mol. The second kappa shape index (κ2) is 4.74. The van der Waals surface area contributed by atoms with Crippen molar-refractivity contribution in [1.82, 2.24) is 10.5 Å². The smallest absolute Gasteiger partial charge is 0.267 e. The summed E-state index contributed by atoms with van der Waals surface area (Å²) in [5.41, 5.74) is 1.78. The lowest BCUT2D eigenvalue weighted by Crippen LogP contribution is -2.29. The van der Waals surface area contributed by atoms with E-state index in [0.29, 0.717) is 0 Å². The van der Waals surface area contributed by atoms with Crippen LogP contribution in [-0.4, -0.2) is 23.7 Å². The molecule has 0 fully saturated rings. The molecule has 15 heavy (non-hydrogen) atoms. The Hall–Kier alpha value is -1.63. The van der Waals surface area contributed by atoms with Gasteiger partial charge in [0.1, 0.15) is 0 Å². The summed E-state index contributed by atoms with van der Waals surface area (Å²) < 4.78 is 34.9. The van der Waals surface area contributed by atoms with E-state index in [1.54, 1.807) is 5.48 Å². The number of alkyl halides is 3. The number of halogens is 3. The van der Waals surface area contributed by atoms with Crippen LogP contribution in [0.3, 0.4) is 0 Å². The molecular weight excluding hydrogens is 213 g/mol. The van der Waals surface area contributed by atoms with Crippen LogP contribution < -0.4 is 5.48 Å². The number of amides is 1. The standard InChI is InChI=1S/C8H7F3N2O2/c9-8(10,11)5-15-13-7(14)6-2-1-3-12-4-6/h1-4H,5H2,(H,13,14). The Balaban J connectivity index is 2.38. The molecule has 4 nitrogen and oxygen atoms in total. The molecule has 0 atom stereocenters. The fourth-order valence-corrected chi connectivity index (χ4v) is 0.739. The van der Waals surface area contributed by atoms with Gasteiger partial charge in [-0.05, 0) is 12.1 Å². The van der Waals surface area contributed by atoms with E-state index in [1.807, 2.05) is 0 Å². The topological polar surface area (TPSA) is 51.2 Å². The van der Waals surface area contributed by atoms with E-state index in [1.165, 1.54) is 24.5 Å². The molecule has 0 radical (unpaired) electrons. The van der Waals surface area contributed by atoms with E-state index in [4.69, 9.17) is 0 Å². The molecule has 0 saturated heterocycles. The molecule has 1 aromatic heterocycles. The Morgan fingerprint density at radius 1 is 1.53 bits per heavy atom. The highest BCUT2D eigenvalue weighted by Crippen LogP contribution is 2.13. The van der Waals surface area contributed by atoms with Gasteiger partial charge in [0.15, 0.2) is 6.61 Å². The molecule has 1 aromatic rings. The number of pyridine rings is 1. The van der Waals surface area contributed by atoms with Crippen LogP contribution in [0.25, 0.3) is 0 Å². The Labute approximate surface area is 83.0 Å². The first kappa shape index (κ1) is 11.4. The van der Waals surface area contributed by atoms with Crippen molar-refractivity contribution in [3.8, 4) is 0 Å². The van der Waals surface area contributed by atoms with Crippen LogP contribution in [0.15, 0.2) is 24.5 Å². The molecule has 7 heteroatoms. The molecule has 0 bridgehead atoms. The molecule has 82 valence electrons. The number of hydrogen-bond acceptors (Lipinski definition) is 3. The van der Waals surface area contributed by atoms with Gasteiger partial charge in [-0.3, -0.25) is 14.6 Å². The van der Waals surface area contributed by atoms with Crippen LogP contribution >= 0.6 is 0 Å². The monoisotopic (exact) mass is 220 g/mol. The van der Waals surface area contributed by atoms with Gasteiger partial charge in [0.25, 0.3) is 5.91 Å². The zero-order chi connectivity index (χ0) is 11.3. The maximum Gasteiger partial charge on any atom is 0.414 e. The largest absolute Gasteiger partial charge is 0.414 e. The summed E-state index contributed by atoms with van der Waals surface area (Å²) in [6.07, 6.45) is -1.82. The zero-order valence-electron chi connectivity index (χ0n) is 7.41. The van der Waals surface area contributed by atoms with Gasteiger partial charge < -0.3 is 0 Å². The minimum Gasteiger partial charge on any atom is -0.267 e. The maximum atomic E-state index is 11.6. The van der Waals surface area contributed by atoms with Crippen LogP contribution in [0.2, 0.25) is 0 Å². The van der Waals surface area contributed by atoms with Crippen LogP contribution in [0.5, 0.6) is 0 Å². The average Bonchev–Trinajstić information content (AvgIpc) is 2.17. The molecule has 0 saturated carbocycles. The molecule has 0 aliphatic rings. The van der Waals surface area contributed by atoms with Crippen molar-refractivity contribution in [2.75, 3.05) is 6.61 Å². The lowest BCUT2D eigenvalue weighted by molar-refractivity contribution is -0.184. The van der Waals surface area contributed by atoms with Crippen molar-refractivity contribution < 1.29 is 22.8 Å². The van der Waals surface area contributed by atoms with Gasteiger partial charge >= 0.3 is 6.18 Å². The first-order valence-electron chi connectivity index (χ1n) is 3.88. The Morgan fingerprint density at radius 2 is 2.27 bits per heavy atom. The van der Waals surface area contributed by atoms with Crippen molar-refractivity contribution >= 4 is 5.91 Å². The molecule has 1 rings (SSSR count). The van der Waals surface area contributed by atoms with Gasteiger partial charge in [0.2, 0.25) is 0 Å². The zero-order valence-corrected chi connectivity index (χ0v) is 7.41. The van der Waals surface area contributed by atoms with Gasteiger partial charge in [0, 0.05) is 12.4 Å². The van der Waals surface area contributed by atoms with Crippen molar-refractivity contribution in [1.29, 1.82) is 0 Å². The predicted molar refractivity (Wildman–Crippen MR) is 43.7 cm³/mol. The molecule has 0 unspecified atom stereocenters. The van der Waals surface area contributed by atoms with E-state index in [9.17, 15) is 18.0 Å². The van der Waals surface area contributed by atoms with E-state index in [0.717, 1.165) is 0 Å². The maximum absolute atomic E-state index is 11.6. The quantitative estimate of drug-likeness (QED) is 0.781. The third-order valence-corrected chi connectivity index (χ3v) is 1.32. The van der Waals surface area contributed by atoms with Crippen LogP contribution in [0, 0.1) is 0 Å². The summed E-state index contributed by atoms with van der Waals surface area (Å²) in [5, 5.41) is 0. The second-order valence-corrected chi connectivity index (χ2v) is 2.58. The molecule has 0 aromatic carbocycles. The molecule has 1 N–H and O–H groups in total. The molecular formula is C8H7F3N2O2. The highest BCUT2D eigenvalue weighted by molar-refractivity contribution is 5.92. The third kappa shape index (κ3) is 4.41. The third-order valence-electron chi connectivity index (χ3n) is 1.32. The summed E-state index contributed by atoms with van der Waals surface area (Å²) in [6, 6.07) is 2.89. The summed E-state index contributed by atoms with van der Waals surface area (Å²) >= 11 is 0. The van der Waals surface area contributed by atoms with Gasteiger partial charge in [-0.15, -0.1) is 0 Å². The lowest BCUT2D eigenvalue weighted by atomic mass is 10.3. The van der Waals surface area contributed by atoms with Gasteiger partial charge in [-0.1, -0.05) is 0 Å². The number of carbonyl (C=O) groups is 1. The highest BCUT2D eigenvalue weighted by Gasteiger charge is 2.28. The van der Waals surface area contributed by atoms with E-state index < -0.39 is 18.7 Å². The van der Waals surface area contributed by atoms with Crippen molar-refractivity contribution in [3.63, 3.8) is 0 Å². The number of nitrogens with one attached hydrogen (secondary N) is 1. The van der Waals surface area contributed by atoms with E-state index in [-0.39, 0.29) is 5.56 Å². The Kier molecular flexibility index (Phi) is 3.62. The summed E-state index contributed by atoms with van der Waals surface area (Å²) in [6.45, 7) is -1.53. The first-order chi connectivity index (χ1) is 6.99. The minimum absolute atomic E-state index is 0.125. The lowest BCUT2D eigenvalue weighted by Gasteiger charge is -2.07. The normalized spacial score (nSPS) is 11.1. The summed E-state index contributed by atoms with van der Waals surface area (Å²) in [4.78, 5) is 18.7. The van der Waals surface area contributed by atoms with Crippen molar-refractivity contribution in [2.24, 2.45) is 0 Å². The van der Waals surface area contributed by atoms with E-state index in [2.05, 4.69) is 9.82 Å². The fourth-order valence-electron chi connectivity index (χ4n) is 0.739. The minimum atomic E-state index is -4.47. The highest BCUT2D eigenvalue weighted by atomic mass is 19.4. The van der Waals surface area contributed by atoms with Crippen LogP contribution in [0.4, 0.5) is 13.2 Å². The Bertz CT molecular complexity index is 326.